The zero-order valence-electron chi connectivity index (χ0n) is 13.9. The third-order valence-corrected chi connectivity index (χ3v) is 2.91. The predicted octanol–water partition coefficient (Wildman–Crippen LogP) is 2.17. The van der Waals surface area contributed by atoms with Crippen molar-refractivity contribution in [1.82, 2.24) is 5.32 Å². The summed E-state index contributed by atoms with van der Waals surface area (Å²) >= 11 is 0. The minimum atomic E-state index is -0.832. The van der Waals surface area contributed by atoms with Gasteiger partial charge in [-0.25, -0.2) is 4.79 Å². The first-order valence-electron chi connectivity index (χ1n) is 7.49. The van der Waals surface area contributed by atoms with Gasteiger partial charge in [0, 0.05) is 12.6 Å². The Morgan fingerprint density at radius 2 is 2.00 bits per heavy atom. The van der Waals surface area contributed by atoms with Crippen molar-refractivity contribution in [3.05, 3.63) is 29.8 Å². The normalized spacial score (nSPS) is 11.8. The second-order valence-corrected chi connectivity index (χ2v) is 4.65. The number of hydrogen-bond donors (Lipinski definition) is 1. The number of likely N-dealkylation sites (N-methyl/N-ethyl adjacent to an activating group) is 1. The summed E-state index contributed by atoms with van der Waals surface area (Å²) in [6, 6.07) is 5.32. The predicted molar refractivity (Wildman–Crippen MR) is 87.4 cm³/mol. The monoisotopic (exact) mass is 321 g/mol. The van der Waals surface area contributed by atoms with E-state index in [9.17, 15) is 9.59 Å². The van der Waals surface area contributed by atoms with Crippen LogP contribution >= 0.6 is 0 Å². The minimum Gasteiger partial charge on any atom is -0.493 e. The molecule has 0 aromatic heterocycles. The van der Waals surface area contributed by atoms with E-state index in [2.05, 4.69) is 5.32 Å². The van der Waals surface area contributed by atoms with Crippen LogP contribution in [0.2, 0.25) is 0 Å². The van der Waals surface area contributed by atoms with Crippen molar-refractivity contribution >= 4 is 18.0 Å². The first-order chi connectivity index (χ1) is 11.0. The van der Waals surface area contributed by atoms with E-state index in [0.29, 0.717) is 24.7 Å². The number of methoxy groups -OCH3 is 1. The highest BCUT2D eigenvalue weighted by Crippen LogP contribution is 2.28. The van der Waals surface area contributed by atoms with E-state index < -0.39 is 12.1 Å². The van der Waals surface area contributed by atoms with E-state index in [0.717, 1.165) is 5.56 Å². The van der Waals surface area contributed by atoms with Crippen molar-refractivity contribution in [3.63, 3.8) is 0 Å². The van der Waals surface area contributed by atoms with Crippen LogP contribution in [0.25, 0.3) is 6.08 Å². The highest BCUT2D eigenvalue weighted by Gasteiger charge is 2.15. The maximum atomic E-state index is 11.7. The third kappa shape index (κ3) is 6.02. The summed E-state index contributed by atoms with van der Waals surface area (Å²) in [5.41, 5.74) is 0.757. The van der Waals surface area contributed by atoms with Gasteiger partial charge in [0.05, 0.1) is 13.7 Å². The van der Waals surface area contributed by atoms with Crippen LogP contribution < -0.4 is 14.8 Å². The van der Waals surface area contributed by atoms with Crippen molar-refractivity contribution in [2.75, 3.05) is 20.3 Å². The number of hydrogen-bond acceptors (Lipinski definition) is 5. The highest BCUT2D eigenvalue weighted by molar-refractivity contribution is 5.90. The number of nitrogens with one attached hydrogen (secondary N) is 1. The number of amides is 1. The SMILES string of the molecule is CCNC(=O)[C@H](C)OC(=O)/C=C/c1ccc(OCC)c(OC)c1. The van der Waals surface area contributed by atoms with E-state index in [1.807, 2.05) is 6.92 Å². The Morgan fingerprint density at radius 1 is 1.26 bits per heavy atom. The Balaban J connectivity index is 2.69. The fourth-order valence-corrected chi connectivity index (χ4v) is 1.81. The zero-order chi connectivity index (χ0) is 17.2. The van der Waals surface area contributed by atoms with Crippen LogP contribution in [-0.4, -0.2) is 38.2 Å². The van der Waals surface area contributed by atoms with Crippen molar-refractivity contribution in [2.24, 2.45) is 0 Å². The molecule has 23 heavy (non-hydrogen) atoms. The lowest BCUT2D eigenvalue weighted by molar-refractivity contribution is -0.150. The van der Waals surface area contributed by atoms with Crippen LogP contribution in [0, 0.1) is 0 Å². The molecule has 0 aliphatic heterocycles. The number of carbonyl (C=O) groups is 2. The standard InChI is InChI=1S/C17H23NO5/c1-5-18-17(20)12(3)23-16(19)10-8-13-7-9-14(22-6-2)15(11-13)21-4/h7-12H,5-6H2,1-4H3,(H,18,20)/b10-8+/t12-/m0/s1. The molecule has 6 nitrogen and oxygen atoms in total. The lowest BCUT2D eigenvalue weighted by atomic mass is 10.2. The Bertz CT molecular complexity index is 568. The van der Waals surface area contributed by atoms with E-state index in [4.69, 9.17) is 14.2 Å². The molecule has 1 aromatic carbocycles. The van der Waals surface area contributed by atoms with E-state index in [1.165, 1.54) is 13.0 Å². The maximum absolute atomic E-state index is 11.7. The Hall–Kier alpha value is -2.50. The van der Waals surface area contributed by atoms with Gasteiger partial charge in [0.15, 0.2) is 17.6 Å². The molecule has 0 spiro atoms. The van der Waals surface area contributed by atoms with Gasteiger partial charge >= 0.3 is 5.97 Å². The third-order valence-electron chi connectivity index (χ3n) is 2.91. The molecule has 0 heterocycles. The molecule has 6 heteroatoms. The van der Waals surface area contributed by atoms with Gasteiger partial charge in [-0.2, -0.15) is 0 Å². The summed E-state index contributed by atoms with van der Waals surface area (Å²) in [6.07, 6.45) is 2.03. The van der Waals surface area contributed by atoms with Gasteiger partial charge < -0.3 is 19.5 Å². The van der Waals surface area contributed by atoms with Gasteiger partial charge in [-0.3, -0.25) is 4.79 Å². The lowest BCUT2D eigenvalue weighted by Crippen LogP contribution is -2.35. The molecule has 0 aliphatic carbocycles. The lowest BCUT2D eigenvalue weighted by Gasteiger charge is -2.11. The topological polar surface area (TPSA) is 73.9 Å². The maximum Gasteiger partial charge on any atom is 0.331 e. The molecule has 1 N–H and O–H groups in total. The molecule has 0 radical (unpaired) electrons. The van der Waals surface area contributed by atoms with Crippen molar-refractivity contribution in [2.45, 2.75) is 26.9 Å². The molecule has 0 fully saturated rings. The molecule has 1 atom stereocenters. The molecule has 1 rings (SSSR count). The average Bonchev–Trinajstić information content (AvgIpc) is 2.54. The molecule has 0 saturated carbocycles. The second kappa shape index (κ2) is 9.50. The van der Waals surface area contributed by atoms with Crippen LogP contribution in [0.5, 0.6) is 11.5 Å². The summed E-state index contributed by atoms with van der Waals surface area (Å²) < 4.78 is 15.7. The average molecular weight is 321 g/mol. The van der Waals surface area contributed by atoms with Crippen LogP contribution in [0.3, 0.4) is 0 Å². The van der Waals surface area contributed by atoms with Gasteiger partial charge in [-0.1, -0.05) is 6.07 Å². The van der Waals surface area contributed by atoms with Gasteiger partial charge in [-0.05, 0) is 44.5 Å². The Kier molecular flexibility index (Phi) is 7.66. The highest BCUT2D eigenvalue weighted by atomic mass is 16.5. The molecule has 0 aliphatic rings. The van der Waals surface area contributed by atoms with Gasteiger partial charge in [0.1, 0.15) is 0 Å². The molecule has 0 unspecified atom stereocenters. The first-order valence-corrected chi connectivity index (χ1v) is 7.49. The number of benzene rings is 1. The molecule has 1 aromatic rings. The van der Waals surface area contributed by atoms with E-state index >= 15 is 0 Å². The van der Waals surface area contributed by atoms with Crippen LogP contribution in [0.4, 0.5) is 0 Å². The Morgan fingerprint density at radius 3 is 2.61 bits per heavy atom. The van der Waals surface area contributed by atoms with Crippen LogP contribution in [-0.2, 0) is 14.3 Å². The molecule has 126 valence electrons. The van der Waals surface area contributed by atoms with E-state index in [-0.39, 0.29) is 5.91 Å². The smallest absolute Gasteiger partial charge is 0.331 e. The van der Waals surface area contributed by atoms with Gasteiger partial charge in [-0.15, -0.1) is 0 Å². The van der Waals surface area contributed by atoms with Crippen LogP contribution in [0.1, 0.15) is 26.3 Å². The molecule has 0 saturated heterocycles. The number of esters is 1. The summed E-state index contributed by atoms with van der Waals surface area (Å²) in [6.45, 7) is 6.24. The van der Waals surface area contributed by atoms with Crippen molar-refractivity contribution < 1.29 is 23.8 Å². The largest absolute Gasteiger partial charge is 0.493 e. The first kappa shape index (κ1) is 18.5. The molecular weight excluding hydrogens is 298 g/mol. The minimum absolute atomic E-state index is 0.322. The number of ether oxygens (including phenoxy) is 3. The summed E-state index contributed by atoms with van der Waals surface area (Å²) in [5, 5.41) is 2.59. The van der Waals surface area contributed by atoms with E-state index in [1.54, 1.807) is 38.3 Å². The molecule has 1 amide bonds. The zero-order valence-corrected chi connectivity index (χ0v) is 13.9. The molecular formula is C17H23NO5. The van der Waals surface area contributed by atoms with Crippen molar-refractivity contribution in [3.8, 4) is 11.5 Å². The fourth-order valence-electron chi connectivity index (χ4n) is 1.81. The quantitative estimate of drug-likeness (QED) is 0.587. The Labute approximate surface area is 136 Å². The van der Waals surface area contributed by atoms with Crippen molar-refractivity contribution in [1.29, 1.82) is 0 Å². The van der Waals surface area contributed by atoms with Gasteiger partial charge in [0.2, 0.25) is 0 Å². The molecule has 0 bridgehead atoms. The summed E-state index contributed by atoms with van der Waals surface area (Å²) in [4.78, 5) is 23.2. The summed E-state index contributed by atoms with van der Waals surface area (Å²) in [7, 11) is 1.55. The van der Waals surface area contributed by atoms with Crippen LogP contribution in [0.15, 0.2) is 24.3 Å². The second-order valence-electron chi connectivity index (χ2n) is 4.65. The number of carbonyl (C=O) groups excluding carboxylic acids is 2. The van der Waals surface area contributed by atoms with Gasteiger partial charge in [0.25, 0.3) is 5.91 Å². The number of rotatable bonds is 8. The fraction of sp³-hybridized carbons (Fsp3) is 0.412. The summed E-state index contributed by atoms with van der Waals surface area (Å²) in [5.74, 6) is 0.311.